The van der Waals surface area contributed by atoms with Gasteiger partial charge in [-0.3, -0.25) is 0 Å². The Balaban J connectivity index is 1.17. The van der Waals surface area contributed by atoms with Gasteiger partial charge in [0.25, 0.3) is 0 Å². The minimum Gasteiger partial charge on any atom is -0.456 e. The highest BCUT2D eigenvalue weighted by Gasteiger charge is 2.25. The standard InChI is InChI=1S/C35H19NO2/c1-3-10-30-25(6-1)34-26-8-5-7-24-27-18-22(16-17-23(27)28(33(24)26)19-32(34)37-30)20-12-14-21(15-13-20)35-36-29-9-2-4-11-31(29)38-35/h1-19H. The molecule has 0 bridgehead atoms. The lowest BCUT2D eigenvalue weighted by Gasteiger charge is -2.07. The molecule has 0 spiro atoms. The number of hydrogen-bond donors (Lipinski definition) is 0. The van der Waals surface area contributed by atoms with Crippen molar-refractivity contribution in [3.8, 4) is 44.8 Å². The topological polar surface area (TPSA) is 39.2 Å². The molecule has 1 aliphatic carbocycles. The molecule has 2 aromatic heterocycles. The highest BCUT2D eigenvalue weighted by atomic mass is 16.3. The maximum atomic E-state index is 6.29. The minimum absolute atomic E-state index is 0.644. The first-order valence-corrected chi connectivity index (χ1v) is 12.8. The summed E-state index contributed by atoms with van der Waals surface area (Å²) in [5.41, 5.74) is 11.9. The number of para-hydroxylation sites is 3. The number of nitrogens with zero attached hydrogens (tertiary/aromatic N) is 1. The summed E-state index contributed by atoms with van der Waals surface area (Å²) in [6, 6.07) is 40.3. The summed E-state index contributed by atoms with van der Waals surface area (Å²) in [5.74, 6) is 0.644. The van der Waals surface area contributed by atoms with Crippen LogP contribution in [0.3, 0.4) is 0 Å². The normalized spacial score (nSPS) is 12.2. The van der Waals surface area contributed by atoms with E-state index < -0.39 is 0 Å². The van der Waals surface area contributed by atoms with E-state index in [9.17, 15) is 0 Å². The fourth-order valence-corrected chi connectivity index (χ4v) is 6.12. The number of furan rings is 1. The van der Waals surface area contributed by atoms with Gasteiger partial charge >= 0.3 is 0 Å². The van der Waals surface area contributed by atoms with Gasteiger partial charge in [-0.1, -0.05) is 72.8 Å². The van der Waals surface area contributed by atoms with Crippen molar-refractivity contribution in [3.05, 3.63) is 115 Å². The first-order valence-electron chi connectivity index (χ1n) is 12.8. The second-order valence-corrected chi connectivity index (χ2v) is 9.95. The quantitative estimate of drug-likeness (QED) is 0.245. The van der Waals surface area contributed by atoms with Crippen LogP contribution in [0.1, 0.15) is 0 Å². The number of fused-ring (bicyclic) bond motifs is 8. The Morgan fingerprint density at radius 2 is 1.18 bits per heavy atom. The van der Waals surface area contributed by atoms with E-state index in [2.05, 4.69) is 83.8 Å². The van der Waals surface area contributed by atoms with E-state index in [1.807, 2.05) is 36.4 Å². The maximum Gasteiger partial charge on any atom is 0.227 e. The number of hydrogen-bond acceptors (Lipinski definition) is 3. The van der Waals surface area contributed by atoms with E-state index in [1.165, 1.54) is 49.4 Å². The number of benzene rings is 6. The van der Waals surface area contributed by atoms with Crippen molar-refractivity contribution >= 4 is 43.8 Å². The van der Waals surface area contributed by atoms with Gasteiger partial charge in [-0.05, 0) is 86.6 Å². The number of aromatic nitrogens is 1. The van der Waals surface area contributed by atoms with Crippen molar-refractivity contribution in [2.75, 3.05) is 0 Å². The average Bonchev–Trinajstić information content (AvgIpc) is 3.66. The van der Waals surface area contributed by atoms with Crippen molar-refractivity contribution in [3.63, 3.8) is 0 Å². The average molecular weight is 486 g/mol. The first kappa shape index (κ1) is 20.0. The Hall–Kier alpha value is -5.15. The third-order valence-electron chi connectivity index (χ3n) is 7.86. The van der Waals surface area contributed by atoms with Crippen LogP contribution in [-0.2, 0) is 0 Å². The van der Waals surface area contributed by atoms with Crippen molar-refractivity contribution in [2.24, 2.45) is 0 Å². The van der Waals surface area contributed by atoms with Gasteiger partial charge in [-0.15, -0.1) is 0 Å². The van der Waals surface area contributed by atoms with Crippen molar-refractivity contribution in [2.45, 2.75) is 0 Å². The van der Waals surface area contributed by atoms with Gasteiger partial charge in [0, 0.05) is 16.3 Å². The summed E-state index contributed by atoms with van der Waals surface area (Å²) in [6.45, 7) is 0. The summed E-state index contributed by atoms with van der Waals surface area (Å²) in [6.07, 6.45) is 0. The monoisotopic (exact) mass is 485 g/mol. The molecule has 2 heterocycles. The first-order chi connectivity index (χ1) is 18.8. The molecular formula is C35H19NO2. The Bertz CT molecular complexity index is 2200. The van der Waals surface area contributed by atoms with E-state index in [-0.39, 0.29) is 0 Å². The van der Waals surface area contributed by atoms with Gasteiger partial charge in [-0.2, -0.15) is 0 Å². The van der Waals surface area contributed by atoms with Crippen LogP contribution in [0, 0.1) is 0 Å². The van der Waals surface area contributed by atoms with Gasteiger partial charge in [-0.25, -0.2) is 4.98 Å². The smallest absolute Gasteiger partial charge is 0.227 e. The SMILES string of the molecule is c1ccc2oc(-c3ccc(-c4ccc5c(c4)-c4cccc6c4c-5cc4oc5ccccc5c46)cc3)nc2c1. The van der Waals surface area contributed by atoms with Crippen LogP contribution in [0.2, 0.25) is 0 Å². The highest BCUT2D eigenvalue weighted by Crippen LogP contribution is 2.51. The second kappa shape index (κ2) is 7.21. The predicted octanol–water partition coefficient (Wildman–Crippen LogP) is 9.86. The molecule has 0 N–H and O–H groups in total. The second-order valence-electron chi connectivity index (χ2n) is 9.95. The molecule has 0 saturated heterocycles. The van der Waals surface area contributed by atoms with Crippen LogP contribution in [0.25, 0.3) is 88.6 Å². The molecule has 9 rings (SSSR count). The summed E-state index contributed by atoms with van der Waals surface area (Å²) < 4.78 is 12.3. The van der Waals surface area contributed by atoms with Crippen LogP contribution in [0.15, 0.2) is 124 Å². The minimum atomic E-state index is 0.644. The molecule has 1 aliphatic rings. The Kier molecular flexibility index (Phi) is 3.79. The summed E-state index contributed by atoms with van der Waals surface area (Å²) >= 11 is 0. The van der Waals surface area contributed by atoms with Crippen LogP contribution >= 0.6 is 0 Å². The molecule has 8 aromatic rings. The molecule has 0 atom stereocenters. The molecule has 176 valence electrons. The van der Waals surface area contributed by atoms with E-state index in [4.69, 9.17) is 8.83 Å². The molecule has 0 amide bonds. The van der Waals surface area contributed by atoms with Crippen molar-refractivity contribution in [1.29, 1.82) is 0 Å². The van der Waals surface area contributed by atoms with Gasteiger partial charge in [0.1, 0.15) is 16.7 Å². The Labute approximate surface area is 217 Å². The summed E-state index contributed by atoms with van der Waals surface area (Å²) in [5, 5.41) is 4.93. The summed E-state index contributed by atoms with van der Waals surface area (Å²) in [7, 11) is 0. The summed E-state index contributed by atoms with van der Waals surface area (Å²) in [4.78, 5) is 4.64. The van der Waals surface area contributed by atoms with Crippen LogP contribution < -0.4 is 0 Å². The molecular weight excluding hydrogens is 466 g/mol. The third-order valence-corrected chi connectivity index (χ3v) is 7.86. The molecule has 3 heteroatoms. The van der Waals surface area contributed by atoms with Gasteiger partial charge < -0.3 is 8.83 Å². The Morgan fingerprint density at radius 3 is 2.08 bits per heavy atom. The number of oxazole rings is 1. The Morgan fingerprint density at radius 1 is 0.421 bits per heavy atom. The molecule has 0 fully saturated rings. The molecule has 3 nitrogen and oxygen atoms in total. The van der Waals surface area contributed by atoms with Crippen LogP contribution in [-0.4, -0.2) is 4.98 Å². The zero-order valence-electron chi connectivity index (χ0n) is 20.2. The fraction of sp³-hybridized carbons (Fsp3) is 0. The van der Waals surface area contributed by atoms with E-state index >= 15 is 0 Å². The lowest BCUT2D eigenvalue weighted by molar-refractivity contribution is 0.620. The van der Waals surface area contributed by atoms with E-state index in [0.29, 0.717) is 5.89 Å². The number of rotatable bonds is 2. The molecule has 6 aromatic carbocycles. The fourth-order valence-electron chi connectivity index (χ4n) is 6.12. The van der Waals surface area contributed by atoms with E-state index in [1.54, 1.807) is 0 Å². The highest BCUT2D eigenvalue weighted by molar-refractivity contribution is 6.28. The van der Waals surface area contributed by atoms with Crippen LogP contribution in [0.5, 0.6) is 0 Å². The molecule has 38 heavy (non-hydrogen) atoms. The molecule has 0 aliphatic heterocycles. The van der Waals surface area contributed by atoms with Gasteiger partial charge in [0.05, 0.1) is 0 Å². The molecule has 0 saturated carbocycles. The zero-order chi connectivity index (χ0) is 24.8. The lowest BCUT2D eigenvalue weighted by atomic mass is 9.97. The third kappa shape index (κ3) is 2.65. The lowest BCUT2D eigenvalue weighted by Crippen LogP contribution is -1.83. The predicted molar refractivity (Wildman–Crippen MR) is 154 cm³/mol. The van der Waals surface area contributed by atoms with E-state index in [0.717, 1.165) is 33.4 Å². The van der Waals surface area contributed by atoms with Crippen molar-refractivity contribution < 1.29 is 8.83 Å². The zero-order valence-corrected chi connectivity index (χ0v) is 20.2. The maximum absolute atomic E-state index is 6.29. The molecule has 0 radical (unpaired) electrons. The van der Waals surface area contributed by atoms with Gasteiger partial charge in [0.15, 0.2) is 5.58 Å². The molecule has 0 unspecified atom stereocenters. The van der Waals surface area contributed by atoms with Gasteiger partial charge in [0.2, 0.25) is 5.89 Å². The van der Waals surface area contributed by atoms with Crippen LogP contribution in [0.4, 0.5) is 0 Å². The van der Waals surface area contributed by atoms with Crippen molar-refractivity contribution in [1.82, 2.24) is 4.98 Å². The largest absolute Gasteiger partial charge is 0.456 e.